The van der Waals surface area contributed by atoms with Gasteiger partial charge in [0.15, 0.2) is 15.9 Å². The van der Waals surface area contributed by atoms with E-state index >= 15 is 0 Å². The molecule has 0 radical (unpaired) electrons. The van der Waals surface area contributed by atoms with Crippen molar-refractivity contribution in [2.45, 2.75) is 17.9 Å². The number of ether oxygens (including phenoxy) is 1. The largest absolute Gasteiger partial charge is 0.481 e. The topological polar surface area (TPSA) is 66.9 Å². The molecule has 0 aliphatic carbocycles. The third-order valence-electron chi connectivity index (χ3n) is 4.63. The fourth-order valence-electron chi connectivity index (χ4n) is 3.10. The summed E-state index contributed by atoms with van der Waals surface area (Å²) in [5.74, 6) is 0.418. The van der Waals surface area contributed by atoms with Gasteiger partial charge in [-0.05, 0) is 43.3 Å². The first-order valence-electron chi connectivity index (χ1n) is 8.90. The van der Waals surface area contributed by atoms with Gasteiger partial charge in [-0.15, -0.1) is 0 Å². The molecule has 6 nitrogen and oxygen atoms in total. The van der Waals surface area contributed by atoms with Crippen molar-refractivity contribution in [3.05, 3.63) is 54.6 Å². The first kappa shape index (κ1) is 19.2. The van der Waals surface area contributed by atoms with Gasteiger partial charge in [-0.2, -0.15) is 0 Å². The maximum Gasteiger partial charge on any atom is 0.263 e. The second kappa shape index (κ2) is 8.00. The molecule has 27 heavy (non-hydrogen) atoms. The summed E-state index contributed by atoms with van der Waals surface area (Å²) in [5, 5.41) is 0. The SMILES string of the molecule is CC(Oc1ccc(S(C)(=O)=O)cc1)C(=O)N1CCN(c2ccccc2)CC1. The summed E-state index contributed by atoms with van der Waals surface area (Å²) in [5.41, 5.74) is 1.17. The smallest absolute Gasteiger partial charge is 0.263 e. The van der Waals surface area contributed by atoms with Crippen LogP contribution in [-0.2, 0) is 14.6 Å². The number of sulfone groups is 1. The van der Waals surface area contributed by atoms with Gasteiger partial charge in [0.2, 0.25) is 0 Å². The van der Waals surface area contributed by atoms with E-state index in [1.165, 1.54) is 17.8 Å². The number of anilines is 1. The van der Waals surface area contributed by atoms with Crippen LogP contribution in [0.2, 0.25) is 0 Å². The molecule has 0 saturated carbocycles. The molecule has 1 saturated heterocycles. The van der Waals surface area contributed by atoms with E-state index in [0.29, 0.717) is 18.8 Å². The number of rotatable bonds is 5. The van der Waals surface area contributed by atoms with Gasteiger partial charge in [-0.25, -0.2) is 8.42 Å². The Bertz CT molecular complexity index is 874. The lowest BCUT2D eigenvalue weighted by Gasteiger charge is -2.37. The van der Waals surface area contributed by atoms with Crippen molar-refractivity contribution in [3.8, 4) is 5.75 Å². The Kier molecular flexibility index (Phi) is 5.70. The maximum atomic E-state index is 12.7. The molecule has 0 bridgehead atoms. The van der Waals surface area contributed by atoms with Crippen LogP contribution >= 0.6 is 0 Å². The minimum absolute atomic E-state index is 0.0603. The van der Waals surface area contributed by atoms with Crippen molar-refractivity contribution in [3.63, 3.8) is 0 Å². The Morgan fingerprint density at radius 2 is 1.56 bits per heavy atom. The lowest BCUT2D eigenvalue weighted by Crippen LogP contribution is -2.52. The van der Waals surface area contributed by atoms with E-state index in [9.17, 15) is 13.2 Å². The number of hydrogen-bond donors (Lipinski definition) is 0. The van der Waals surface area contributed by atoms with Gasteiger partial charge in [0.25, 0.3) is 5.91 Å². The fraction of sp³-hybridized carbons (Fsp3) is 0.350. The Hall–Kier alpha value is -2.54. The molecular weight excluding hydrogens is 364 g/mol. The molecule has 0 spiro atoms. The van der Waals surface area contributed by atoms with E-state index in [1.807, 2.05) is 23.1 Å². The highest BCUT2D eigenvalue weighted by Crippen LogP contribution is 2.19. The molecular formula is C20H24N2O4S. The molecule has 1 unspecified atom stereocenters. The summed E-state index contributed by atoms with van der Waals surface area (Å²) >= 11 is 0. The van der Waals surface area contributed by atoms with Crippen LogP contribution in [0.3, 0.4) is 0 Å². The summed E-state index contributed by atoms with van der Waals surface area (Å²) in [7, 11) is -3.25. The molecule has 1 fully saturated rings. The first-order valence-corrected chi connectivity index (χ1v) is 10.8. The van der Waals surface area contributed by atoms with Crippen molar-refractivity contribution in [2.24, 2.45) is 0 Å². The molecule has 3 rings (SSSR count). The van der Waals surface area contributed by atoms with E-state index in [2.05, 4.69) is 17.0 Å². The molecule has 1 heterocycles. The molecule has 1 atom stereocenters. The van der Waals surface area contributed by atoms with E-state index in [0.717, 1.165) is 19.3 Å². The van der Waals surface area contributed by atoms with Gasteiger partial charge in [-0.3, -0.25) is 4.79 Å². The van der Waals surface area contributed by atoms with Crippen molar-refractivity contribution in [2.75, 3.05) is 37.3 Å². The number of carbonyl (C=O) groups excluding carboxylic acids is 1. The summed E-state index contributed by atoms with van der Waals surface area (Å²) in [6.07, 6.45) is 0.529. The average Bonchev–Trinajstić information content (AvgIpc) is 2.68. The molecule has 7 heteroatoms. The number of benzene rings is 2. The highest BCUT2D eigenvalue weighted by atomic mass is 32.2. The summed E-state index contributed by atoms with van der Waals surface area (Å²) in [6.45, 7) is 4.58. The molecule has 2 aromatic carbocycles. The monoisotopic (exact) mass is 388 g/mol. The van der Waals surface area contributed by atoms with Crippen LogP contribution in [0.15, 0.2) is 59.5 Å². The van der Waals surface area contributed by atoms with Gasteiger partial charge in [0, 0.05) is 38.1 Å². The molecule has 0 aromatic heterocycles. The van der Waals surface area contributed by atoms with Crippen LogP contribution in [0.4, 0.5) is 5.69 Å². The zero-order valence-corrected chi connectivity index (χ0v) is 16.4. The first-order chi connectivity index (χ1) is 12.8. The average molecular weight is 388 g/mol. The second-order valence-corrected chi connectivity index (χ2v) is 8.67. The van der Waals surface area contributed by atoms with Crippen LogP contribution < -0.4 is 9.64 Å². The third-order valence-corrected chi connectivity index (χ3v) is 5.75. The number of hydrogen-bond acceptors (Lipinski definition) is 5. The van der Waals surface area contributed by atoms with Crippen molar-refractivity contribution in [1.82, 2.24) is 4.90 Å². The Labute approximate surface area is 160 Å². The third kappa shape index (κ3) is 4.80. The summed E-state index contributed by atoms with van der Waals surface area (Å²) < 4.78 is 28.7. The second-order valence-electron chi connectivity index (χ2n) is 6.65. The zero-order valence-electron chi connectivity index (χ0n) is 15.5. The predicted octanol–water partition coefficient (Wildman–Crippen LogP) is 2.21. The van der Waals surface area contributed by atoms with Gasteiger partial charge in [0.05, 0.1) is 4.90 Å². The van der Waals surface area contributed by atoms with Gasteiger partial charge in [-0.1, -0.05) is 18.2 Å². The number of piperazine rings is 1. The lowest BCUT2D eigenvalue weighted by molar-refractivity contribution is -0.138. The van der Waals surface area contributed by atoms with Crippen LogP contribution in [0.5, 0.6) is 5.75 Å². The van der Waals surface area contributed by atoms with Crippen LogP contribution in [-0.4, -0.2) is 57.8 Å². The minimum atomic E-state index is -3.25. The Morgan fingerprint density at radius 1 is 0.963 bits per heavy atom. The number of amides is 1. The molecule has 144 valence electrons. The van der Waals surface area contributed by atoms with Crippen LogP contribution in [0.25, 0.3) is 0 Å². The zero-order chi connectivity index (χ0) is 19.4. The maximum absolute atomic E-state index is 12.7. The quantitative estimate of drug-likeness (QED) is 0.786. The molecule has 1 aliphatic rings. The molecule has 1 amide bonds. The van der Waals surface area contributed by atoms with Crippen LogP contribution in [0.1, 0.15) is 6.92 Å². The molecule has 2 aromatic rings. The fourth-order valence-corrected chi connectivity index (χ4v) is 3.73. The van der Waals surface area contributed by atoms with E-state index < -0.39 is 15.9 Å². The lowest BCUT2D eigenvalue weighted by atomic mass is 10.2. The van der Waals surface area contributed by atoms with E-state index in [1.54, 1.807) is 19.1 Å². The summed E-state index contributed by atoms with van der Waals surface area (Å²) in [4.78, 5) is 17.0. The van der Waals surface area contributed by atoms with Gasteiger partial charge >= 0.3 is 0 Å². The number of para-hydroxylation sites is 1. The molecule has 1 aliphatic heterocycles. The van der Waals surface area contributed by atoms with Gasteiger partial charge < -0.3 is 14.5 Å². The molecule has 0 N–H and O–H groups in total. The van der Waals surface area contributed by atoms with Crippen molar-refractivity contribution >= 4 is 21.4 Å². The predicted molar refractivity (Wildman–Crippen MR) is 105 cm³/mol. The van der Waals surface area contributed by atoms with Gasteiger partial charge in [0.1, 0.15) is 5.75 Å². The van der Waals surface area contributed by atoms with Crippen molar-refractivity contribution in [1.29, 1.82) is 0 Å². The summed E-state index contributed by atoms with van der Waals surface area (Å²) in [6, 6.07) is 16.3. The minimum Gasteiger partial charge on any atom is -0.481 e. The van der Waals surface area contributed by atoms with E-state index in [4.69, 9.17) is 4.74 Å². The highest BCUT2D eigenvalue weighted by molar-refractivity contribution is 7.90. The normalized spacial score (nSPS) is 16.1. The Morgan fingerprint density at radius 3 is 2.11 bits per heavy atom. The van der Waals surface area contributed by atoms with Crippen LogP contribution in [0, 0.1) is 0 Å². The standard InChI is InChI=1S/C20H24N2O4S/c1-16(26-18-8-10-19(11-9-18)27(2,24)25)20(23)22-14-12-21(13-15-22)17-6-4-3-5-7-17/h3-11,16H,12-15H2,1-2H3. The van der Waals surface area contributed by atoms with Crippen molar-refractivity contribution < 1.29 is 17.9 Å². The Balaban J connectivity index is 1.55. The van der Waals surface area contributed by atoms with E-state index in [-0.39, 0.29) is 10.8 Å². The number of nitrogens with zero attached hydrogens (tertiary/aromatic N) is 2. The number of carbonyl (C=O) groups is 1. The highest BCUT2D eigenvalue weighted by Gasteiger charge is 2.26.